The summed E-state index contributed by atoms with van der Waals surface area (Å²) >= 11 is 5.78. The van der Waals surface area contributed by atoms with Crippen LogP contribution in [0.5, 0.6) is 0 Å². The highest BCUT2D eigenvalue weighted by Crippen LogP contribution is 2.23. The van der Waals surface area contributed by atoms with Gasteiger partial charge in [-0.15, -0.1) is 0 Å². The SMILES string of the molecule is CS(=O)(=O)[C@H](CCn1cc(F)c(-c2ccc(Cl)cc2)cc1=O)C(N)=O. The molecule has 0 radical (unpaired) electrons. The molecule has 1 aromatic carbocycles. The summed E-state index contributed by atoms with van der Waals surface area (Å²) in [6, 6.07) is 7.42. The molecule has 0 aliphatic carbocycles. The summed E-state index contributed by atoms with van der Waals surface area (Å²) in [7, 11) is -3.71. The Morgan fingerprint density at radius 1 is 1.32 bits per heavy atom. The van der Waals surface area contributed by atoms with Crippen LogP contribution in [0.25, 0.3) is 11.1 Å². The third-order valence-corrected chi connectivity index (χ3v) is 5.45. The molecule has 0 spiro atoms. The lowest BCUT2D eigenvalue weighted by atomic mass is 10.1. The van der Waals surface area contributed by atoms with Gasteiger partial charge in [-0.1, -0.05) is 23.7 Å². The van der Waals surface area contributed by atoms with Gasteiger partial charge >= 0.3 is 0 Å². The van der Waals surface area contributed by atoms with Crippen LogP contribution in [0.15, 0.2) is 41.3 Å². The fourth-order valence-electron chi connectivity index (χ4n) is 2.39. The predicted octanol–water partition coefficient (Wildman–Crippen LogP) is 1.60. The quantitative estimate of drug-likeness (QED) is 0.814. The van der Waals surface area contributed by atoms with Gasteiger partial charge in [-0.05, 0) is 24.1 Å². The lowest BCUT2D eigenvalue weighted by Crippen LogP contribution is -2.37. The average Bonchev–Trinajstić information content (AvgIpc) is 2.49. The molecular formula is C16H16ClFN2O4S. The maximum absolute atomic E-state index is 14.3. The Morgan fingerprint density at radius 3 is 2.44 bits per heavy atom. The number of carbonyl (C=O) groups excluding carboxylic acids is 1. The summed E-state index contributed by atoms with van der Waals surface area (Å²) in [5, 5.41) is -0.950. The first kappa shape index (κ1) is 19.1. The molecule has 25 heavy (non-hydrogen) atoms. The van der Waals surface area contributed by atoms with E-state index in [1.165, 1.54) is 0 Å². The fourth-order valence-corrected chi connectivity index (χ4v) is 3.48. The van der Waals surface area contributed by atoms with E-state index in [0.29, 0.717) is 10.6 Å². The molecule has 0 saturated heterocycles. The first-order chi connectivity index (χ1) is 11.6. The van der Waals surface area contributed by atoms with Gasteiger partial charge in [0.25, 0.3) is 5.56 Å². The van der Waals surface area contributed by atoms with Crippen LogP contribution in [0.2, 0.25) is 5.02 Å². The van der Waals surface area contributed by atoms with Crippen molar-refractivity contribution in [2.45, 2.75) is 18.2 Å². The van der Waals surface area contributed by atoms with E-state index in [4.69, 9.17) is 17.3 Å². The number of amides is 1. The summed E-state index contributed by atoms with van der Waals surface area (Å²) in [5.74, 6) is -1.66. The summed E-state index contributed by atoms with van der Waals surface area (Å²) in [6.45, 7) is -0.155. The number of pyridine rings is 1. The number of halogens is 2. The number of primary amides is 1. The molecule has 0 fully saturated rings. The van der Waals surface area contributed by atoms with Crippen LogP contribution in [0.1, 0.15) is 6.42 Å². The van der Waals surface area contributed by atoms with Crippen molar-refractivity contribution >= 4 is 27.3 Å². The smallest absolute Gasteiger partial charge is 0.251 e. The van der Waals surface area contributed by atoms with E-state index in [-0.39, 0.29) is 18.5 Å². The average molecular weight is 387 g/mol. The second-order valence-corrected chi connectivity index (χ2v) is 8.25. The number of benzene rings is 1. The molecule has 0 bridgehead atoms. The van der Waals surface area contributed by atoms with Crippen LogP contribution in [0.4, 0.5) is 4.39 Å². The Labute approximate surface area is 148 Å². The van der Waals surface area contributed by atoms with Crippen LogP contribution in [0, 0.1) is 5.82 Å². The van der Waals surface area contributed by atoms with E-state index in [2.05, 4.69) is 0 Å². The summed E-state index contributed by atoms with van der Waals surface area (Å²) < 4.78 is 38.4. The lowest BCUT2D eigenvalue weighted by Gasteiger charge is -2.13. The maximum Gasteiger partial charge on any atom is 0.251 e. The van der Waals surface area contributed by atoms with Crippen molar-refractivity contribution in [1.82, 2.24) is 4.57 Å². The van der Waals surface area contributed by atoms with E-state index in [1.54, 1.807) is 24.3 Å². The fraction of sp³-hybridized carbons (Fsp3) is 0.250. The Morgan fingerprint density at radius 2 is 1.92 bits per heavy atom. The van der Waals surface area contributed by atoms with Crippen molar-refractivity contribution in [3.8, 4) is 11.1 Å². The van der Waals surface area contributed by atoms with Crippen LogP contribution >= 0.6 is 11.6 Å². The van der Waals surface area contributed by atoms with Crippen LogP contribution < -0.4 is 11.3 Å². The van der Waals surface area contributed by atoms with E-state index in [1.807, 2.05) is 0 Å². The first-order valence-electron chi connectivity index (χ1n) is 7.23. The van der Waals surface area contributed by atoms with Gasteiger partial charge in [-0.25, -0.2) is 12.8 Å². The third kappa shape index (κ3) is 4.67. The number of rotatable bonds is 6. The minimum atomic E-state index is -3.71. The van der Waals surface area contributed by atoms with Crippen molar-refractivity contribution < 1.29 is 17.6 Å². The number of hydrogen-bond acceptors (Lipinski definition) is 4. The molecule has 9 heteroatoms. The van der Waals surface area contributed by atoms with Crippen molar-refractivity contribution in [2.24, 2.45) is 5.73 Å². The largest absolute Gasteiger partial charge is 0.369 e. The van der Waals surface area contributed by atoms with Crippen LogP contribution in [-0.4, -0.2) is 30.4 Å². The molecule has 0 aliphatic rings. The van der Waals surface area contributed by atoms with Gasteiger partial charge in [-0.3, -0.25) is 9.59 Å². The minimum Gasteiger partial charge on any atom is -0.369 e. The molecule has 6 nitrogen and oxygen atoms in total. The number of hydrogen-bond donors (Lipinski definition) is 1. The van der Waals surface area contributed by atoms with Gasteiger partial charge in [0.2, 0.25) is 5.91 Å². The number of aromatic nitrogens is 1. The number of aryl methyl sites for hydroxylation is 1. The van der Waals surface area contributed by atoms with E-state index >= 15 is 0 Å². The van der Waals surface area contributed by atoms with Crippen molar-refractivity contribution in [3.63, 3.8) is 0 Å². The molecule has 134 valence electrons. The van der Waals surface area contributed by atoms with Crippen molar-refractivity contribution in [2.75, 3.05) is 6.26 Å². The standard InChI is InChI=1S/C16H16ClFN2O4S/c1-25(23,24)14(16(19)22)6-7-20-9-13(18)12(8-15(20)21)10-2-4-11(17)5-3-10/h2-5,8-9,14H,6-7H2,1H3,(H2,19,22)/t14-/m1/s1. The highest BCUT2D eigenvalue weighted by molar-refractivity contribution is 7.92. The third-order valence-electron chi connectivity index (χ3n) is 3.70. The monoisotopic (exact) mass is 386 g/mol. The van der Waals surface area contributed by atoms with Gasteiger partial charge in [0, 0.05) is 35.6 Å². The summed E-state index contributed by atoms with van der Waals surface area (Å²) in [4.78, 5) is 23.4. The predicted molar refractivity (Wildman–Crippen MR) is 93.5 cm³/mol. The zero-order valence-corrected chi connectivity index (χ0v) is 14.8. The molecule has 1 atom stereocenters. The zero-order chi connectivity index (χ0) is 18.8. The summed E-state index contributed by atoms with van der Waals surface area (Å²) in [6.07, 6.45) is 1.65. The van der Waals surface area contributed by atoms with Gasteiger partial charge in [0.15, 0.2) is 9.84 Å². The Bertz CT molecular complexity index is 955. The molecule has 0 unspecified atom stereocenters. The number of carbonyl (C=O) groups is 1. The van der Waals surface area contributed by atoms with E-state index in [0.717, 1.165) is 23.1 Å². The van der Waals surface area contributed by atoms with Crippen LogP contribution in [0.3, 0.4) is 0 Å². The first-order valence-corrected chi connectivity index (χ1v) is 9.57. The molecule has 2 aromatic rings. The van der Waals surface area contributed by atoms with Crippen molar-refractivity contribution in [3.05, 3.63) is 57.7 Å². The highest BCUT2D eigenvalue weighted by Gasteiger charge is 2.26. The molecule has 0 saturated carbocycles. The van der Waals surface area contributed by atoms with Gasteiger partial charge in [0.05, 0.1) is 0 Å². The number of sulfone groups is 1. The number of nitrogens with two attached hydrogens (primary N) is 1. The van der Waals surface area contributed by atoms with Crippen LogP contribution in [-0.2, 0) is 21.2 Å². The normalized spacial score (nSPS) is 12.8. The lowest BCUT2D eigenvalue weighted by molar-refractivity contribution is -0.117. The Kier molecular flexibility index (Phi) is 5.64. The molecule has 1 heterocycles. The summed E-state index contributed by atoms with van der Waals surface area (Å²) in [5.41, 5.74) is 5.14. The van der Waals surface area contributed by atoms with Gasteiger partial charge < -0.3 is 10.3 Å². The molecule has 1 aromatic heterocycles. The molecule has 0 aliphatic heterocycles. The van der Waals surface area contributed by atoms with E-state index < -0.39 is 32.4 Å². The minimum absolute atomic E-state index is 0.104. The van der Waals surface area contributed by atoms with Gasteiger partial charge in [-0.2, -0.15) is 0 Å². The molecular weight excluding hydrogens is 371 g/mol. The molecule has 1 amide bonds. The molecule has 2 N–H and O–H groups in total. The molecule has 2 rings (SSSR count). The van der Waals surface area contributed by atoms with E-state index in [9.17, 15) is 22.4 Å². The maximum atomic E-state index is 14.3. The zero-order valence-electron chi connectivity index (χ0n) is 13.3. The van der Waals surface area contributed by atoms with Crippen molar-refractivity contribution in [1.29, 1.82) is 0 Å². The second-order valence-electron chi connectivity index (χ2n) is 5.58. The van der Waals surface area contributed by atoms with Gasteiger partial charge in [0.1, 0.15) is 11.1 Å². The Hall–Kier alpha value is -2.19. The topological polar surface area (TPSA) is 99.2 Å². The number of nitrogens with zero attached hydrogens (tertiary/aromatic N) is 1. The highest BCUT2D eigenvalue weighted by atomic mass is 35.5. The second kappa shape index (κ2) is 7.37. The Balaban J connectivity index is 2.30.